The molecule has 5 rings (SSSR count). The van der Waals surface area contributed by atoms with E-state index in [1.54, 1.807) is 7.11 Å². The largest absolute Gasteiger partial charge is 0.496 e. The van der Waals surface area contributed by atoms with E-state index in [9.17, 15) is 0 Å². The number of para-hydroxylation sites is 2. The average Bonchev–Trinajstić information content (AvgIpc) is 3.22. The molecule has 140 valence electrons. The van der Waals surface area contributed by atoms with Crippen LogP contribution in [0, 0.1) is 5.41 Å². The standard InChI is InChI=1S/C25H19N3O/c1-29-25-14-20-11-18(9-10-19(20)12-21(25)15-26)17-5-4-6-22(13-17)28-16-27-23-7-2-3-8-24(23)28/h2-16,26H,1H3. The van der Waals surface area contributed by atoms with E-state index in [1.165, 1.54) is 6.21 Å². The molecule has 29 heavy (non-hydrogen) atoms. The number of fused-ring (bicyclic) bond motifs is 2. The summed E-state index contributed by atoms with van der Waals surface area (Å²) in [5.74, 6) is 0.711. The number of imidazole rings is 1. The predicted octanol–water partition coefficient (Wildman–Crippen LogP) is 5.85. The third-order valence-corrected chi connectivity index (χ3v) is 5.26. The van der Waals surface area contributed by atoms with Gasteiger partial charge in [-0.3, -0.25) is 4.57 Å². The first-order valence-corrected chi connectivity index (χ1v) is 9.42. The highest BCUT2D eigenvalue weighted by atomic mass is 16.5. The van der Waals surface area contributed by atoms with Gasteiger partial charge in [0, 0.05) is 17.5 Å². The zero-order valence-corrected chi connectivity index (χ0v) is 16.0. The van der Waals surface area contributed by atoms with Crippen LogP contribution in [0.15, 0.2) is 85.2 Å². The Morgan fingerprint density at radius 1 is 0.862 bits per heavy atom. The van der Waals surface area contributed by atoms with E-state index in [2.05, 4.69) is 58.1 Å². The third-order valence-electron chi connectivity index (χ3n) is 5.26. The Bertz CT molecular complexity index is 1370. The van der Waals surface area contributed by atoms with Crippen molar-refractivity contribution in [2.45, 2.75) is 0 Å². The van der Waals surface area contributed by atoms with Crippen molar-refractivity contribution >= 4 is 28.0 Å². The molecule has 0 atom stereocenters. The molecular formula is C25H19N3O. The number of aromatic nitrogens is 2. The molecule has 0 bridgehead atoms. The molecule has 0 spiro atoms. The van der Waals surface area contributed by atoms with Crippen molar-refractivity contribution in [3.63, 3.8) is 0 Å². The lowest BCUT2D eigenvalue weighted by Crippen LogP contribution is -1.93. The van der Waals surface area contributed by atoms with Gasteiger partial charge >= 0.3 is 0 Å². The molecule has 1 aromatic heterocycles. The van der Waals surface area contributed by atoms with Crippen LogP contribution in [-0.4, -0.2) is 22.9 Å². The second-order valence-electron chi connectivity index (χ2n) is 6.95. The molecule has 1 N–H and O–H groups in total. The van der Waals surface area contributed by atoms with E-state index in [-0.39, 0.29) is 0 Å². The molecule has 4 nitrogen and oxygen atoms in total. The van der Waals surface area contributed by atoms with Gasteiger partial charge in [0.05, 0.1) is 18.1 Å². The number of rotatable bonds is 4. The molecule has 0 aliphatic heterocycles. The SMILES string of the molecule is COc1cc2cc(-c3cccc(-n4cnc5ccccc54)c3)ccc2cc1C=N. The highest BCUT2D eigenvalue weighted by Gasteiger charge is 2.08. The minimum Gasteiger partial charge on any atom is -0.496 e. The van der Waals surface area contributed by atoms with E-state index < -0.39 is 0 Å². The maximum Gasteiger partial charge on any atom is 0.128 e. The van der Waals surface area contributed by atoms with Crippen molar-refractivity contribution in [3.8, 4) is 22.6 Å². The molecule has 0 saturated carbocycles. The van der Waals surface area contributed by atoms with Crippen molar-refractivity contribution in [1.82, 2.24) is 9.55 Å². The van der Waals surface area contributed by atoms with Crippen LogP contribution in [0.2, 0.25) is 0 Å². The molecule has 4 aromatic carbocycles. The molecule has 1 heterocycles. The number of methoxy groups -OCH3 is 1. The molecule has 0 unspecified atom stereocenters. The number of hydrogen-bond donors (Lipinski definition) is 1. The Labute approximate surface area is 168 Å². The minimum atomic E-state index is 0.711. The van der Waals surface area contributed by atoms with Crippen LogP contribution < -0.4 is 4.74 Å². The van der Waals surface area contributed by atoms with Gasteiger partial charge in [-0.05, 0) is 64.4 Å². The Kier molecular flexibility index (Phi) is 4.10. The highest BCUT2D eigenvalue weighted by molar-refractivity contribution is 5.95. The van der Waals surface area contributed by atoms with Gasteiger partial charge in [-0.1, -0.05) is 36.4 Å². The highest BCUT2D eigenvalue weighted by Crippen LogP contribution is 2.30. The minimum absolute atomic E-state index is 0.711. The molecule has 4 heteroatoms. The summed E-state index contributed by atoms with van der Waals surface area (Å²) < 4.78 is 7.55. The van der Waals surface area contributed by atoms with E-state index in [1.807, 2.05) is 36.7 Å². The van der Waals surface area contributed by atoms with Crippen LogP contribution in [0.1, 0.15) is 5.56 Å². The maximum absolute atomic E-state index is 7.58. The van der Waals surface area contributed by atoms with Gasteiger partial charge in [-0.15, -0.1) is 0 Å². The lowest BCUT2D eigenvalue weighted by molar-refractivity contribution is 0.415. The number of benzene rings is 4. The molecule has 0 aliphatic rings. The molecule has 0 aliphatic carbocycles. The fourth-order valence-corrected chi connectivity index (χ4v) is 3.76. The van der Waals surface area contributed by atoms with E-state index in [4.69, 9.17) is 10.1 Å². The van der Waals surface area contributed by atoms with Crippen molar-refractivity contribution in [1.29, 1.82) is 5.41 Å². The summed E-state index contributed by atoms with van der Waals surface area (Å²) in [6.45, 7) is 0. The summed E-state index contributed by atoms with van der Waals surface area (Å²) >= 11 is 0. The second kappa shape index (κ2) is 6.91. The number of hydrogen-bond acceptors (Lipinski definition) is 3. The van der Waals surface area contributed by atoms with Crippen LogP contribution in [-0.2, 0) is 0 Å². The quantitative estimate of drug-likeness (QED) is 0.399. The summed E-state index contributed by atoms with van der Waals surface area (Å²) in [4.78, 5) is 4.50. The summed E-state index contributed by atoms with van der Waals surface area (Å²) in [7, 11) is 1.64. The van der Waals surface area contributed by atoms with Gasteiger partial charge in [0.1, 0.15) is 12.1 Å². The maximum atomic E-state index is 7.58. The Morgan fingerprint density at radius 3 is 2.59 bits per heavy atom. The zero-order valence-electron chi connectivity index (χ0n) is 16.0. The number of nitrogens with one attached hydrogen (secondary N) is 1. The first-order valence-electron chi connectivity index (χ1n) is 9.42. The second-order valence-corrected chi connectivity index (χ2v) is 6.95. The predicted molar refractivity (Wildman–Crippen MR) is 118 cm³/mol. The molecule has 0 radical (unpaired) electrons. The Balaban J connectivity index is 1.62. The number of nitrogens with zero attached hydrogens (tertiary/aromatic N) is 2. The number of ether oxygens (including phenoxy) is 1. The molecule has 0 saturated heterocycles. The van der Waals surface area contributed by atoms with Crippen LogP contribution >= 0.6 is 0 Å². The molecule has 0 fully saturated rings. The summed E-state index contributed by atoms with van der Waals surface area (Å²) in [6.07, 6.45) is 3.19. The van der Waals surface area contributed by atoms with E-state index >= 15 is 0 Å². The smallest absolute Gasteiger partial charge is 0.128 e. The zero-order chi connectivity index (χ0) is 19.8. The lowest BCUT2D eigenvalue weighted by atomic mass is 9.99. The molecular weight excluding hydrogens is 358 g/mol. The summed E-state index contributed by atoms with van der Waals surface area (Å²) in [5.41, 5.74) is 6.20. The van der Waals surface area contributed by atoms with E-state index in [0.717, 1.165) is 44.2 Å². The first kappa shape index (κ1) is 17.2. The van der Waals surface area contributed by atoms with Gasteiger partial charge in [0.15, 0.2) is 0 Å². The monoisotopic (exact) mass is 377 g/mol. The normalized spacial score (nSPS) is 11.1. The average molecular weight is 377 g/mol. The summed E-state index contributed by atoms with van der Waals surface area (Å²) in [6, 6.07) is 27.0. The van der Waals surface area contributed by atoms with Crippen LogP contribution in [0.25, 0.3) is 38.6 Å². The van der Waals surface area contributed by atoms with Gasteiger partial charge < -0.3 is 10.1 Å². The lowest BCUT2D eigenvalue weighted by Gasteiger charge is -2.10. The topological polar surface area (TPSA) is 50.9 Å². The molecule has 0 amide bonds. The molecule has 5 aromatic rings. The van der Waals surface area contributed by atoms with Crippen molar-refractivity contribution in [3.05, 3.63) is 90.8 Å². The van der Waals surface area contributed by atoms with Crippen LogP contribution in [0.4, 0.5) is 0 Å². The third kappa shape index (κ3) is 2.95. The van der Waals surface area contributed by atoms with Crippen molar-refractivity contribution in [2.75, 3.05) is 7.11 Å². The van der Waals surface area contributed by atoms with Gasteiger partial charge in [-0.2, -0.15) is 0 Å². The first-order chi connectivity index (χ1) is 14.3. The van der Waals surface area contributed by atoms with Crippen molar-refractivity contribution in [2.24, 2.45) is 0 Å². The Hall–Kier alpha value is -3.92. The van der Waals surface area contributed by atoms with Crippen molar-refractivity contribution < 1.29 is 4.74 Å². The Morgan fingerprint density at radius 2 is 1.72 bits per heavy atom. The fourth-order valence-electron chi connectivity index (χ4n) is 3.76. The summed E-state index contributed by atoms with van der Waals surface area (Å²) in [5, 5.41) is 9.75. The fraction of sp³-hybridized carbons (Fsp3) is 0.0400. The van der Waals surface area contributed by atoms with E-state index in [0.29, 0.717) is 5.75 Å². The van der Waals surface area contributed by atoms with Gasteiger partial charge in [0.25, 0.3) is 0 Å². The van der Waals surface area contributed by atoms with Crippen LogP contribution in [0.3, 0.4) is 0 Å². The van der Waals surface area contributed by atoms with Crippen LogP contribution in [0.5, 0.6) is 5.75 Å². The van der Waals surface area contributed by atoms with Gasteiger partial charge in [0.2, 0.25) is 0 Å². The van der Waals surface area contributed by atoms with Gasteiger partial charge in [-0.25, -0.2) is 4.98 Å².